The molecule has 0 aliphatic heterocycles. The predicted molar refractivity (Wildman–Crippen MR) is 95.1 cm³/mol. The lowest BCUT2D eigenvalue weighted by atomic mass is 9.62. The van der Waals surface area contributed by atoms with Gasteiger partial charge in [-0.1, -0.05) is 33.3 Å². The van der Waals surface area contributed by atoms with Gasteiger partial charge in [0, 0.05) is 5.54 Å². The molecule has 1 aromatic rings. The summed E-state index contributed by atoms with van der Waals surface area (Å²) in [5, 5.41) is 15.7. The molecular formula is C19H28N2O3. The Morgan fingerprint density at radius 1 is 1.33 bits per heavy atom. The van der Waals surface area contributed by atoms with E-state index >= 15 is 0 Å². The fourth-order valence-electron chi connectivity index (χ4n) is 3.78. The van der Waals surface area contributed by atoms with Crippen LogP contribution in [-0.2, 0) is 4.79 Å². The van der Waals surface area contributed by atoms with Crippen LogP contribution in [-0.4, -0.2) is 23.0 Å². The maximum atomic E-state index is 12.7. The number of carbonyl (C=O) groups excluding carboxylic acids is 2. The van der Waals surface area contributed by atoms with Gasteiger partial charge in [0.05, 0.1) is 11.3 Å². The summed E-state index contributed by atoms with van der Waals surface area (Å²) < 4.78 is 0. The molecule has 2 atom stereocenters. The number of anilines is 1. The van der Waals surface area contributed by atoms with E-state index in [2.05, 4.69) is 38.3 Å². The molecule has 0 heterocycles. The Kier molecular flexibility index (Phi) is 5.21. The van der Waals surface area contributed by atoms with Gasteiger partial charge < -0.3 is 15.7 Å². The number of carbonyl (C=O) groups is 2. The third-order valence-corrected chi connectivity index (χ3v) is 5.53. The second-order valence-electron chi connectivity index (χ2n) is 7.78. The van der Waals surface area contributed by atoms with E-state index in [1.807, 2.05) is 0 Å². The molecule has 0 spiro atoms. The van der Waals surface area contributed by atoms with E-state index < -0.39 is 0 Å². The highest BCUT2D eigenvalue weighted by Gasteiger charge is 2.42. The number of para-hydroxylation sites is 1. The monoisotopic (exact) mass is 332 g/mol. The Bertz CT molecular complexity index is 627. The van der Waals surface area contributed by atoms with E-state index in [0.717, 1.165) is 25.7 Å². The van der Waals surface area contributed by atoms with Gasteiger partial charge in [0.2, 0.25) is 6.41 Å². The molecule has 132 valence electrons. The van der Waals surface area contributed by atoms with Crippen molar-refractivity contribution >= 4 is 18.0 Å². The third kappa shape index (κ3) is 3.71. The average Bonchev–Trinajstić information content (AvgIpc) is 2.52. The molecule has 5 nitrogen and oxygen atoms in total. The van der Waals surface area contributed by atoms with Crippen molar-refractivity contribution in [2.24, 2.45) is 11.3 Å². The number of benzene rings is 1. The molecule has 1 aromatic carbocycles. The highest BCUT2D eigenvalue weighted by atomic mass is 16.3. The number of aromatic hydroxyl groups is 1. The summed E-state index contributed by atoms with van der Waals surface area (Å²) in [5.74, 6) is 0.0428. The van der Waals surface area contributed by atoms with E-state index in [0.29, 0.717) is 12.3 Å². The van der Waals surface area contributed by atoms with Crippen molar-refractivity contribution in [1.82, 2.24) is 5.32 Å². The second kappa shape index (κ2) is 6.83. The molecule has 1 aliphatic carbocycles. The minimum absolute atomic E-state index is 0.181. The lowest BCUT2D eigenvalue weighted by Gasteiger charge is -2.47. The largest absolute Gasteiger partial charge is 0.505 e. The highest BCUT2D eigenvalue weighted by Crippen LogP contribution is 2.46. The second-order valence-corrected chi connectivity index (χ2v) is 7.78. The van der Waals surface area contributed by atoms with Crippen molar-refractivity contribution in [3.8, 4) is 5.75 Å². The molecular weight excluding hydrogens is 304 g/mol. The molecule has 1 fully saturated rings. The first-order valence-corrected chi connectivity index (χ1v) is 8.57. The van der Waals surface area contributed by atoms with Crippen LogP contribution in [0.25, 0.3) is 0 Å². The quantitative estimate of drug-likeness (QED) is 0.568. The molecule has 2 rings (SSSR count). The molecule has 24 heavy (non-hydrogen) atoms. The molecule has 1 saturated carbocycles. The zero-order valence-electron chi connectivity index (χ0n) is 15.0. The first-order chi connectivity index (χ1) is 11.2. The van der Waals surface area contributed by atoms with Crippen LogP contribution in [0.1, 0.15) is 63.7 Å². The number of rotatable bonds is 5. The van der Waals surface area contributed by atoms with E-state index in [9.17, 15) is 14.7 Å². The van der Waals surface area contributed by atoms with Crippen molar-refractivity contribution < 1.29 is 14.7 Å². The molecule has 2 unspecified atom stereocenters. The SMILES string of the molecule is CCC1CC(C)(NC(=O)c2cccc(NC=O)c2O)CCC1(C)C. The zero-order chi connectivity index (χ0) is 18.0. The average molecular weight is 332 g/mol. The number of phenolic OH excluding ortho intramolecular Hbond substituents is 1. The Morgan fingerprint density at radius 3 is 2.67 bits per heavy atom. The van der Waals surface area contributed by atoms with Crippen LogP contribution in [0.3, 0.4) is 0 Å². The van der Waals surface area contributed by atoms with E-state index in [1.54, 1.807) is 18.2 Å². The molecule has 0 aromatic heterocycles. The number of nitrogens with one attached hydrogen (secondary N) is 2. The number of phenols is 1. The Labute approximate surface area is 143 Å². The minimum Gasteiger partial charge on any atom is -0.505 e. The summed E-state index contributed by atoms with van der Waals surface area (Å²) in [4.78, 5) is 23.2. The summed E-state index contributed by atoms with van der Waals surface area (Å²) in [6.07, 6.45) is 4.46. The Morgan fingerprint density at radius 2 is 2.04 bits per heavy atom. The summed E-state index contributed by atoms with van der Waals surface area (Å²) in [5.41, 5.74) is 0.419. The third-order valence-electron chi connectivity index (χ3n) is 5.53. The summed E-state index contributed by atoms with van der Waals surface area (Å²) in [6, 6.07) is 4.76. The number of hydrogen-bond acceptors (Lipinski definition) is 3. The summed E-state index contributed by atoms with van der Waals surface area (Å²) in [6.45, 7) is 8.86. The molecule has 1 aliphatic rings. The van der Waals surface area contributed by atoms with Gasteiger partial charge in [-0.3, -0.25) is 9.59 Å². The van der Waals surface area contributed by atoms with Crippen molar-refractivity contribution in [3.63, 3.8) is 0 Å². The zero-order valence-corrected chi connectivity index (χ0v) is 15.0. The van der Waals surface area contributed by atoms with Crippen LogP contribution in [0.2, 0.25) is 0 Å². The van der Waals surface area contributed by atoms with Crippen LogP contribution in [0.15, 0.2) is 18.2 Å². The van der Waals surface area contributed by atoms with Gasteiger partial charge in [0.1, 0.15) is 0 Å². The fourth-order valence-corrected chi connectivity index (χ4v) is 3.78. The summed E-state index contributed by atoms with van der Waals surface area (Å²) >= 11 is 0. The van der Waals surface area contributed by atoms with Gasteiger partial charge in [0.25, 0.3) is 5.91 Å². The lowest BCUT2D eigenvalue weighted by Crippen LogP contribution is -2.52. The van der Waals surface area contributed by atoms with Crippen molar-refractivity contribution in [2.45, 2.75) is 58.9 Å². The number of hydrogen-bond donors (Lipinski definition) is 3. The number of amides is 2. The highest BCUT2D eigenvalue weighted by molar-refractivity contribution is 5.99. The maximum absolute atomic E-state index is 12.7. The first-order valence-electron chi connectivity index (χ1n) is 8.57. The fraction of sp³-hybridized carbons (Fsp3) is 0.579. The van der Waals surface area contributed by atoms with Gasteiger partial charge in [-0.25, -0.2) is 0 Å². The molecule has 3 N–H and O–H groups in total. The van der Waals surface area contributed by atoms with Crippen molar-refractivity contribution in [1.29, 1.82) is 0 Å². The van der Waals surface area contributed by atoms with Crippen molar-refractivity contribution in [2.75, 3.05) is 5.32 Å². The normalized spacial score (nSPS) is 25.8. The van der Waals surface area contributed by atoms with Crippen molar-refractivity contribution in [3.05, 3.63) is 23.8 Å². The topological polar surface area (TPSA) is 78.4 Å². The van der Waals surface area contributed by atoms with Gasteiger partial charge >= 0.3 is 0 Å². The van der Waals surface area contributed by atoms with Crippen LogP contribution < -0.4 is 10.6 Å². The molecule has 0 saturated heterocycles. The minimum atomic E-state index is -0.306. The van der Waals surface area contributed by atoms with Gasteiger partial charge in [0.15, 0.2) is 5.75 Å². The van der Waals surface area contributed by atoms with Crippen LogP contribution in [0, 0.1) is 11.3 Å². The van der Waals surface area contributed by atoms with E-state index in [4.69, 9.17) is 0 Å². The van der Waals surface area contributed by atoms with Gasteiger partial charge in [-0.2, -0.15) is 0 Å². The lowest BCUT2D eigenvalue weighted by molar-refractivity contribution is -0.105. The van der Waals surface area contributed by atoms with Gasteiger partial charge in [-0.15, -0.1) is 0 Å². The Hall–Kier alpha value is -2.04. The smallest absolute Gasteiger partial charge is 0.255 e. The maximum Gasteiger partial charge on any atom is 0.255 e. The molecule has 0 radical (unpaired) electrons. The predicted octanol–water partition coefficient (Wildman–Crippen LogP) is 3.69. The van der Waals surface area contributed by atoms with E-state index in [-0.39, 0.29) is 33.9 Å². The standard InChI is InChI=1S/C19H28N2O3/c1-5-13-11-19(4,10-9-18(13,2)3)21-17(24)14-7-6-8-15(16(14)23)20-12-22/h6-8,12-13,23H,5,9-11H2,1-4H3,(H,20,22)(H,21,24). The van der Waals surface area contributed by atoms with Gasteiger partial charge in [-0.05, 0) is 49.7 Å². The van der Waals surface area contributed by atoms with Crippen LogP contribution in [0.5, 0.6) is 5.75 Å². The summed E-state index contributed by atoms with van der Waals surface area (Å²) in [7, 11) is 0. The molecule has 2 amide bonds. The Balaban J connectivity index is 2.17. The molecule has 5 heteroatoms. The van der Waals surface area contributed by atoms with Crippen LogP contribution in [0.4, 0.5) is 5.69 Å². The molecule has 0 bridgehead atoms. The van der Waals surface area contributed by atoms with Crippen LogP contribution >= 0.6 is 0 Å². The van der Waals surface area contributed by atoms with E-state index in [1.165, 1.54) is 0 Å². The first kappa shape index (κ1) is 18.3.